The third-order valence-corrected chi connectivity index (χ3v) is 7.12. The van der Waals surface area contributed by atoms with Crippen LogP contribution in [0.3, 0.4) is 0 Å². The van der Waals surface area contributed by atoms with Gasteiger partial charge in [0.05, 0.1) is 18.1 Å². The second kappa shape index (κ2) is 10.2. The number of sulfonamides is 1. The van der Waals surface area contributed by atoms with Crippen molar-refractivity contribution in [1.82, 2.24) is 9.21 Å². The van der Waals surface area contributed by atoms with Crippen LogP contribution in [0, 0.1) is 0 Å². The Morgan fingerprint density at radius 3 is 2.37 bits per heavy atom. The molecule has 0 atom stereocenters. The summed E-state index contributed by atoms with van der Waals surface area (Å²) in [6.45, 7) is 8.48. The van der Waals surface area contributed by atoms with E-state index >= 15 is 0 Å². The number of nitrogens with zero attached hydrogens (tertiary/aromatic N) is 2. The maximum absolute atomic E-state index is 12.7. The first-order valence-corrected chi connectivity index (χ1v) is 11.7. The van der Waals surface area contributed by atoms with Crippen LogP contribution in [0.25, 0.3) is 0 Å². The van der Waals surface area contributed by atoms with Crippen molar-refractivity contribution in [2.75, 3.05) is 44.7 Å². The van der Waals surface area contributed by atoms with Crippen LogP contribution in [0.5, 0.6) is 0 Å². The van der Waals surface area contributed by atoms with Crippen molar-refractivity contribution >= 4 is 21.6 Å². The Bertz CT molecular complexity index is 951. The Hall–Kier alpha value is -2.26. The zero-order valence-electron chi connectivity index (χ0n) is 17.5. The first-order chi connectivity index (χ1) is 14.4. The van der Waals surface area contributed by atoms with E-state index in [-0.39, 0.29) is 10.8 Å². The summed E-state index contributed by atoms with van der Waals surface area (Å²) in [4.78, 5) is 15.1. The molecule has 3 rings (SSSR count). The lowest BCUT2D eigenvalue weighted by Crippen LogP contribution is -2.40. The van der Waals surface area contributed by atoms with Gasteiger partial charge in [0.1, 0.15) is 0 Å². The third kappa shape index (κ3) is 5.46. The molecule has 0 aromatic heterocycles. The van der Waals surface area contributed by atoms with Crippen molar-refractivity contribution in [3.8, 4) is 0 Å². The van der Waals surface area contributed by atoms with E-state index < -0.39 is 10.0 Å². The van der Waals surface area contributed by atoms with Gasteiger partial charge in [-0.25, -0.2) is 8.42 Å². The number of carbonyl (C=O) groups excluding carboxylic acids is 1. The van der Waals surface area contributed by atoms with E-state index in [0.717, 1.165) is 30.9 Å². The Kier molecular flexibility index (Phi) is 7.60. The van der Waals surface area contributed by atoms with Crippen molar-refractivity contribution in [2.45, 2.75) is 25.3 Å². The Morgan fingerprint density at radius 2 is 1.73 bits per heavy atom. The van der Waals surface area contributed by atoms with E-state index in [9.17, 15) is 13.2 Å². The number of benzene rings is 2. The molecule has 2 aromatic carbocycles. The quantitative estimate of drug-likeness (QED) is 0.695. The average molecular weight is 432 g/mol. The third-order valence-electron chi connectivity index (χ3n) is 5.21. The molecule has 1 N–H and O–H groups in total. The highest BCUT2D eigenvalue weighted by molar-refractivity contribution is 7.89. The zero-order chi connectivity index (χ0) is 21.6. The molecule has 162 valence electrons. The molecule has 0 spiro atoms. The van der Waals surface area contributed by atoms with Crippen molar-refractivity contribution in [2.24, 2.45) is 0 Å². The van der Waals surface area contributed by atoms with E-state index in [1.54, 1.807) is 12.1 Å². The van der Waals surface area contributed by atoms with E-state index in [1.807, 2.05) is 24.3 Å². The molecule has 1 saturated heterocycles. The molecule has 0 aliphatic carbocycles. The van der Waals surface area contributed by atoms with Crippen LogP contribution in [0.2, 0.25) is 0 Å². The molecule has 0 bridgehead atoms. The number of morpholine rings is 1. The minimum absolute atomic E-state index is 0.183. The molecule has 1 amide bonds. The van der Waals surface area contributed by atoms with Crippen LogP contribution < -0.4 is 5.32 Å². The number of nitrogens with one attached hydrogen (secondary N) is 1. The summed E-state index contributed by atoms with van der Waals surface area (Å²) in [6.07, 6.45) is 0. The normalized spacial score (nSPS) is 15.3. The zero-order valence-corrected chi connectivity index (χ0v) is 18.3. The monoisotopic (exact) mass is 431 g/mol. The molecule has 30 heavy (non-hydrogen) atoms. The van der Waals surface area contributed by atoms with Gasteiger partial charge in [-0.3, -0.25) is 9.69 Å². The van der Waals surface area contributed by atoms with Crippen molar-refractivity contribution < 1.29 is 17.9 Å². The summed E-state index contributed by atoms with van der Waals surface area (Å²) in [5.74, 6) is -0.273. The maximum Gasteiger partial charge on any atom is 0.255 e. The average Bonchev–Trinajstić information content (AvgIpc) is 2.78. The van der Waals surface area contributed by atoms with Gasteiger partial charge in [0.2, 0.25) is 10.0 Å². The number of carbonyl (C=O) groups is 1. The van der Waals surface area contributed by atoms with Gasteiger partial charge in [0.25, 0.3) is 5.91 Å². The minimum Gasteiger partial charge on any atom is -0.379 e. The number of hydrogen-bond donors (Lipinski definition) is 1. The largest absolute Gasteiger partial charge is 0.379 e. The molecule has 1 heterocycles. The van der Waals surface area contributed by atoms with Crippen LogP contribution in [0.1, 0.15) is 29.8 Å². The molecule has 0 unspecified atom stereocenters. The number of ether oxygens (including phenoxy) is 1. The fourth-order valence-electron chi connectivity index (χ4n) is 3.37. The predicted octanol–water partition coefficient (Wildman–Crippen LogP) is 2.80. The summed E-state index contributed by atoms with van der Waals surface area (Å²) in [5, 5.41) is 2.90. The molecular weight excluding hydrogens is 402 g/mol. The second-order valence-electron chi connectivity index (χ2n) is 7.16. The van der Waals surface area contributed by atoms with Gasteiger partial charge in [0.15, 0.2) is 0 Å². The first kappa shape index (κ1) is 22.4. The highest BCUT2D eigenvalue weighted by atomic mass is 32.2. The number of anilines is 1. The van der Waals surface area contributed by atoms with Crippen molar-refractivity contribution in [3.05, 3.63) is 59.7 Å². The Balaban J connectivity index is 1.68. The van der Waals surface area contributed by atoms with Gasteiger partial charge in [-0.2, -0.15) is 4.31 Å². The summed E-state index contributed by atoms with van der Waals surface area (Å²) in [7, 11) is -3.57. The lowest BCUT2D eigenvalue weighted by Gasteiger charge is -2.26. The van der Waals surface area contributed by atoms with Gasteiger partial charge in [-0.05, 0) is 55.1 Å². The molecule has 2 aromatic rings. The highest BCUT2D eigenvalue weighted by Crippen LogP contribution is 2.19. The van der Waals surface area contributed by atoms with E-state index in [0.29, 0.717) is 31.9 Å². The van der Waals surface area contributed by atoms with Crippen molar-refractivity contribution in [1.29, 1.82) is 0 Å². The number of hydrogen-bond acceptors (Lipinski definition) is 5. The maximum atomic E-state index is 12.7. The van der Waals surface area contributed by atoms with E-state index in [2.05, 4.69) is 24.1 Å². The van der Waals surface area contributed by atoms with Gasteiger partial charge in [-0.1, -0.05) is 26.0 Å². The fourth-order valence-corrected chi connectivity index (χ4v) is 4.78. The van der Waals surface area contributed by atoms with Crippen LogP contribution in [-0.2, 0) is 21.3 Å². The molecule has 0 radical (unpaired) electrons. The Morgan fingerprint density at radius 1 is 1.07 bits per heavy atom. The molecular formula is C22H29N3O4S. The number of amides is 1. The van der Waals surface area contributed by atoms with Crippen LogP contribution in [0.4, 0.5) is 5.69 Å². The van der Waals surface area contributed by atoms with E-state index in [4.69, 9.17) is 4.74 Å². The summed E-state index contributed by atoms with van der Waals surface area (Å²) in [5.41, 5.74) is 2.25. The van der Waals surface area contributed by atoms with Crippen LogP contribution in [-0.4, -0.2) is 62.9 Å². The summed E-state index contributed by atoms with van der Waals surface area (Å²) >= 11 is 0. The lowest BCUT2D eigenvalue weighted by molar-refractivity contribution is 0.0730. The van der Waals surface area contributed by atoms with Crippen LogP contribution in [0.15, 0.2) is 53.4 Å². The SMILES string of the molecule is CCN(CC)Cc1cccc(NC(=O)c2ccc(S(=O)(=O)N3CCOCC3)cc2)c1. The summed E-state index contributed by atoms with van der Waals surface area (Å²) < 4.78 is 32.0. The molecule has 1 aliphatic heterocycles. The van der Waals surface area contributed by atoms with Gasteiger partial charge < -0.3 is 10.1 Å². The minimum atomic E-state index is -3.57. The first-order valence-electron chi connectivity index (χ1n) is 10.2. The molecule has 0 saturated carbocycles. The smallest absolute Gasteiger partial charge is 0.255 e. The van der Waals surface area contributed by atoms with Gasteiger partial charge in [0, 0.05) is 30.9 Å². The molecule has 1 fully saturated rings. The fraction of sp³-hybridized carbons (Fsp3) is 0.409. The highest BCUT2D eigenvalue weighted by Gasteiger charge is 2.26. The summed E-state index contributed by atoms with van der Waals surface area (Å²) in [6, 6.07) is 13.8. The molecule has 7 nitrogen and oxygen atoms in total. The van der Waals surface area contributed by atoms with Crippen LogP contribution >= 0.6 is 0 Å². The van der Waals surface area contributed by atoms with Gasteiger partial charge in [-0.15, -0.1) is 0 Å². The van der Waals surface area contributed by atoms with Gasteiger partial charge >= 0.3 is 0 Å². The second-order valence-corrected chi connectivity index (χ2v) is 9.09. The lowest BCUT2D eigenvalue weighted by atomic mass is 10.1. The number of rotatable bonds is 8. The van der Waals surface area contributed by atoms with E-state index in [1.165, 1.54) is 16.4 Å². The molecule has 1 aliphatic rings. The predicted molar refractivity (Wildman–Crippen MR) is 117 cm³/mol. The standard InChI is InChI=1S/C22H29N3O4S/c1-3-24(4-2)17-18-6-5-7-20(16-18)23-22(26)19-8-10-21(11-9-19)30(27,28)25-12-14-29-15-13-25/h5-11,16H,3-4,12-15,17H2,1-2H3,(H,23,26). The van der Waals surface area contributed by atoms with Crippen molar-refractivity contribution in [3.63, 3.8) is 0 Å². The topological polar surface area (TPSA) is 79.0 Å². The molecule has 8 heteroatoms. The Labute approximate surface area is 178 Å².